The Kier molecular flexibility index (Phi) is 5.23. The number of ether oxygens (including phenoxy) is 1. The van der Waals surface area contributed by atoms with Crippen LogP contribution in [0.2, 0.25) is 0 Å². The van der Waals surface area contributed by atoms with E-state index in [-0.39, 0.29) is 31.4 Å². The Balaban J connectivity index is 2.08. The van der Waals surface area contributed by atoms with Crippen LogP contribution in [0, 0.1) is 0 Å². The van der Waals surface area contributed by atoms with Crippen molar-refractivity contribution in [3.63, 3.8) is 0 Å². The summed E-state index contributed by atoms with van der Waals surface area (Å²) in [5, 5.41) is 0. The lowest BCUT2D eigenvalue weighted by atomic mass is 9.91. The van der Waals surface area contributed by atoms with Crippen molar-refractivity contribution >= 4 is 10.0 Å². The highest BCUT2D eigenvalue weighted by atomic mass is 32.2. The molecule has 0 radical (unpaired) electrons. The Hall–Kier alpha value is -1.33. The van der Waals surface area contributed by atoms with E-state index in [0.717, 1.165) is 10.7 Å². The average molecular weight is 417 g/mol. The second-order valence-corrected chi connectivity index (χ2v) is 8.51. The summed E-state index contributed by atoms with van der Waals surface area (Å²) < 4.78 is 111. The molecule has 0 unspecified atom stereocenters. The Bertz CT molecular complexity index is 771. The van der Waals surface area contributed by atoms with Crippen molar-refractivity contribution in [1.29, 1.82) is 0 Å². The van der Waals surface area contributed by atoms with Gasteiger partial charge >= 0.3 is 12.4 Å². The fraction of sp³-hybridized carbons (Fsp3) is 0.625. The van der Waals surface area contributed by atoms with Gasteiger partial charge in [0.1, 0.15) is 0 Å². The standard InChI is InChI=1S/C16H17F6NO3S/c17-15(18,19)10-7-11(16(20,21)22)9-12(8-10)27(24,25)23-5-6-26-14-4-2-1-3-13(14)23/h7-9,13-14H,1-6H2/t13-,14+/m1/s1. The van der Waals surface area contributed by atoms with Crippen molar-refractivity contribution in [2.45, 2.75) is 55.1 Å². The van der Waals surface area contributed by atoms with E-state index in [9.17, 15) is 34.8 Å². The van der Waals surface area contributed by atoms with Gasteiger partial charge in [0.15, 0.2) is 0 Å². The van der Waals surface area contributed by atoms with E-state index in [1.54, 1.807) is 0 Å². The molecule has 0 aromatic heterocycles. The van der Waals surface area contributed by atoms with Crippen LogP contribution in [0.5, 0.6) is 0 Å². The number of fused-ring (bicyclic) bond motifs is 1. The number of alkyl halides is 6. The van der Waals surface area contributed by atoms with E-state index >= 15 is 0 Å². The molecule has 11 heteroatoms. The van der Waals surface area contributed by atoms with Crippen LogP contribution in [0.4, 0.5) is 26.3 Å². The van der Waals surface area contributed by atoms with Crippen molar-refractivity contribution in [3.8, 4) is 0 Å². The van der Waals surface area contributed by atoms with Crippen molar-refractivity contribution in [1.82, 2.24) is 4.31 Å². The fourth-order valence-electron chi connectivity index (χ4n) is 3.57. The van der Waals surface area contributed by atoms with E-state index in [0.29, 0.717) is 19.3 Å². The lowest BCUT2D eigenvalue weighted by Gasteiger charge is -2.42. The number of sulfonamides is 1. The van der Waals surface area contributed by atoms with E-state index in [1.165, 1.54) is 0 Å². The summed E-state index contributed by atoms with van der Waals surface area (Å²) in [5.74, 6) is 0. The first-order valence-corrected chi connectivity index (χ1v) is 9.77. The minimum Gasteiger partial charge on any atom is -0.375 e. The molecule has 0 bridgehead atoms. The third-order valence-electron chi connectivity index (χ3n) is 4.85. The zero-order chi connectivity index (χ0) is 20.0. The first-order valence-electron chi connectivity index (χ1n) is 8.33. The van der Waals surface area contributed by atoms with Gasteiger partial charge in [-0.2, -0.15) is 30.6 Å². The van der Waals surface area contributed by atoms with E-state index in [4.69, 9.17) is 4.74 Å². The number of morpholine rings is 1. The van der Waals surface area contributed by atoms with E-state index < -0.39 is 50.5 Å². The largest absolute Gasteiger partial charge is 0.416 e. The lowest BCUT2D eigenvalue weighted by Crippen LogP contribution is -2.54. The number of rotatable bonds is 2. The smallest absolute Gasteiger partial charge is 0.375 e. The minimum absolute atomic E-state index is 0.0471. The summed E-state index contributed by atoms with van der Waals surface area (Å²) >= 11 is 0. The van der Waals surface area contributed by atoms with Crippen LogP contribution in [0.25, 0.3) is 0 Å². The van der Waals surface area contributed by atoms with Crippen LogP contribution in [0.3, 0.4) is 0 Å². The summed E-state index contributed by atoms with van der Waals surface area (Å²) in [6.07, 6.45) is -8.00. The van der Waals surface area contributed by atoms with Gasteiger partial charge in [0.05, 0.1) is 34.8 Å². The molecule has 1 saturated heterocycles. The van der Waals surface area contributed by atoms with Gasteiger partial charge in [-0.3, -0.25) is 0 Å². The number of nitrogens with zero attached hydrogens (tertiary/aromatic N) is 1. The molecule has 2 aliphatic rings. The Labute approximate surface area is 152 Å². The van der Waals surface area contributed by atoms with E-state index in [2.05, 4.69) is 0 Å². The molecule has 0 spiro atoms. The molecule has 1 aliphatic carbocycles. The third-order valence-corrected chi connectivity index (χ3v) is 6.75. The Morgan fingerprint density at radius 1 is 0.926 bits per heavy atom. The summed E-state index contributed by atoms with van der Waals surface area (Å²) in [4.78, 5) is -1.00. The molecule has 27 heavy (non-hydrogen) atoms. The van der Waals surface area contributed by atoms with Crippen LogP contribution in [-0.4, -0.2) is 38.0 Å². The molecule has 4 nitrogen and oxygen atoms in total. The highest BCUT2D eigenvalue weighted by molar-refractivity contribution is 7.89. The highest BCUT2D eigenvalue weighted by Gasteiger charge is 2.43. The molecule has 3 rings (SSSR count). The van der Waals surface area contributed by atoms with Crippen LogP contribution in [0.15, 0.2) is 23.1 Å². The fourth-order valence-corrected chi connectivity index (χ4v) is 5.31. The molecule has 0 N–H and O–H groups in total. The van der Waals surface area contributed by atoms with Crippen molar-refractivity contribution in [3.05, 3.63) is 29.3 Å². The van der Waals surface area contributed by atoms with Gasteiger partial charge in [-0.25, -0.2) is 8.42 Å². The van der Waals surface area contributed by atoms with Gasteiger partial charge in [-0.15, -0.1) is 0 Å². The van der Waals surface area contributed by atoms with E-state index in [1.807, 2.05) is 0 Å². The molecule has 152 valence electrons. The molecule has 1 aromatic rings. The highest BCUT2D eigenvalue weighted by Crippen LogP contribution is 2.39. The van der Waals surface area contributed by atoms with Gasteiger partial charge < -0.3 is 4.74 Å². The average Bonchev–Trinajstić information content (AvgIpc) is 2.59. The number of hydrogen-bond donors (Lipinski definition) is 0. The van der Waals surface area contributed by atoms with Crippen LogP contribution >= 0.6 is 0 Å². The van der Waals surface area contributed by atoms with Crippen molar-refractivity contribution < 1.29 is 39.5 Å². The molecular weight excluding hydrogens is 400 g/mol. The third kappa shape index (κ3) is 4.09. The zero-order valence-corrected chi connectivity index (χ0v) is 14.8. The lowest BCUT2D eigenvalue weighted by molar-refractivity contribution is -0.143. The maximum Gasteiger partial charge on any atom is 0.416 e. The van der Waals surface area contributed by atoms with Crippen molar-refractivity contribution in [2.24, 2.45) is 0 Å². The first kappa shape index (κ1) is 20.4. The molecule has 1 aromatic carbocycles. The number of hydrogen-bond acceptors (Lipinski definition) is 3. The molecule has 2 atom stereocenters. The molecular formula is C16H17F6NO3S. The second-order valence-electron chi connectivity index (χ2n) is 6.62. The normalized spacial score (nSPS) is 25.3. The van der Waals surface area contributed by atoms with Crippen LogP contribution in [-0.2, 0) is 27.1 Å². The van der Waals surface area contributed by atoms with Gasteiger partial charge in [-0.05, 0) is 31.0 Å². The SMILES string of the molecule is O=S(=O)(c1cc(C(F)(F)F)cc(C(F)(F)F)c1)N1CCO[C@H]2CCCC[C@H]21. The summed E-state index contributed by atoms with van der Waals surface area (Å²) in [7, 11) is -4.54. The summed E-state index contributed by atoms with van der Waals surface area (Å²) in [6.45, 7) is -0.0629. The van der Waals surface area contributed by atoms with Crippen molar-refractivity contribution in [2.75, 3.05) is 13.2 Å². The second kappa shape index (κ2) is 6.93. The summed E-state index contributed by atoms with van der Waals surface area (Å²) in [6, 6.07) is -0.140. The maximum atomic E-state index is 13.0. The number of benzene rings is 1. The van der Waals surface area contributed by atoms with Crippen LogP contribution in [0.1, 0.15) is 36.8 Å². The monoisotopic (exact) mass is 417 g/mol. The molecule has 2 fully saturated rings. The minimum atomic E-state index is -5.11. The van der Waals surface area contributed by atoms with Gasteiger partial charge in [0, 0.05) is 6.54 Å². The Morgan fingerprint density at radius 3 is 2.04 bits per heavy atom. The molecule has 1 saturated carbocycles. The molecule has 1 heterocycles. The Morgan fingerprint density at radius 2 is 1.48 bits per heavy atom. The van der Waals surface area contributed by atoms with Crippen LogP contribution < -0.4 is 0 Å². The molecule has 1 aliphatic heterocycles. The number of halogens is 6. The zero-order valence-electron chi connectivity index (χ0n) is 14.0. The first-order chi connectivity index (χ1) is 12.4. The summed E-state index contributed by atoms with van der Waals surface area (Å²) in [5.41, 5.74) is -3.30. The predicted octanol–water partition coefficient (Wildman–Crippen LogP) is 4.06. The topological polar surface area (TPSA) is 46.6 Å². The van der Waals surface area contributed by atoms with Gasteiger partial charge in [-0.1, -0.05) is 12.8 Å². The predicted molar refractivity (Wildman–Crippen MR) is 82.3 cm³/mol. The quantitative estimate of drug-likeness (QED) is 0.682. The van der Waals surface area contributed by atoms with Gasteiger partial charge in [0.2, 0.25) is 10.0 Å². The molecule has 0 amide bonds. The van der Waals surface area contributed by atoms with Gasteiger partial charge in [0.25, 0.3) is 0 Å². The maximum absolute atomic E-state index is 13.0.